The van der Waals surface area contributed by atoms with Crippen molar-refractivity contribution in [1.29, 1.82) is 0 Å². The molecular weight excluding hydrogens is 212 g/mol. The number of piperidine rings is 1. The molecule has 3 heteroatoms. The van der Waals surface area contributed by atoms with Gasteiger partial charge in [0, 0.05) is 11.6 Å². The van der Waals surface area contributed by atoms with Gasteiger partial charge in [0.05, 0.1) is 0 Å². The number of hydrogen-bond donors (Lipinski definition) is 2. The Morgan fingerprint density at radius 1 is 1.41 bits per heavy atom. The molecule has 1 amide bonds. The molecule has 0 unspecified atom stereocenters. The van der Waals surface area contributed by atoms with Gasteiger partial charge in [-0.15, -0.1) is 0 Å². The summed E-state index contributed by atoms with van der Waals surface area (Å²) < 4.78 is 0. The van der Waals surface area contributed by atoms with E-state index in [-0.39, 0.29) is 5.91 Å². The molecule has 1 saturated heterocycles. The van der Waals surface area contributed by atoms with Crippen molar-refractivity contribution in [3.05, 3.63) is 35.4 Å². The first kappa shape index (κ1) is 12.1. The average Bonchev–Trinajstić information content (AvgIpc) is 2.32. The van der Waals surface area contributed by atoms with Crippen molar-refractivity contribution in [2.45, 2.75) is 26.3 Å². The number of aryl methyl sites for hydroxylation is 1. The first-order chi connectivity index (χ1) is 8.18. The number of rotatable bonds is 2. The van der Waals surface area contributed by atoms with Crippen molar-refractivity contribution >= 4 is 5.91 Å². The van der Waals surface area contributed by atoms with Gasteiger partial charge >= 0.3 is 0 Å². The number of carbonyl (C=O) groups is 1. The van der Waals surface area contributed by atoms with E-state index in [9.17, 15) is 4.79 Å². The highest BCUT2D eigenvalue weighted by atomic mass is 16.1. The van der Waals surface area contributed by atoms with E-state index in [0.29, 0.717) is 12.0 Å². The van der Waals surface area contributed by atoms with Crippen molar-refractivity contribution in [2.75, 3.05) is 13.1 Å². The van der Waals surface area contributed by atoms with Crippen LogP contribution in [0, 0.1) is 12.8 Å². The van der Waals surface area contributed by atoms with E-state index in [1.54, 1.807) is 0 Å². The lowest BCUT2D eigenvalue weighted by Gasteiger charge is -2.30. The molecule has 1 aromatic rings. The van der Waals surface area contributed by atoms with Crippen LogP contribution in [0.25, 0.3) is 0 Å². The molecule has 1 fully saturated rings. The Balaban J connectivity index is 2.04. The monoisotopic (exact) mass is 232 g/mol. The van der Waals surface area contributed by atoms with Gasteiger partial charge in [0.15, 0.2) is 0 Å². The Morgan fingerprint density at radius 2 is 2.18 bits per heavy atom. The average molecular weight is 232 g/mol. The molecule has 17 heavy (non-hydrogen) atoms. The number of amides is 1. The number of carbonyl (C=O) groups excluding carboxylic acids is 1. The number of hydrogen-bond acceptors (Lipinski definition) is 2. The summed E-state index contributed by atoms with van der Waals surface area (Å²) in [5, 5.41) is 6.48. The zero-order chi connectivity index (χ0) is 12.3. The Kier molecular flexibility index (Phi) is 3.79. The van der Waals surface area contributed by atoms with Crippen LogP contribution in [0.5, 0.6) is 0 Å². The van der Waals surface area contributed by atoms with E-state index in [1.165, 1.54) is 0 Å². The van der Waals surface area contributed by atoms with Crippen LogP contribution in [0.3, 0.4) is 0 Å². The third kappa shape index (κ3) is 2.86. The summed E-state index contributed by atoms with van der Waals surface area (Å²) in [6, 6.07) is 8.02. The van der Waals surface area contributed by atoms with Crippen molar-refractivity contribution < 1.29 is 4.79 Å². The first-order valence-corrected chi connectivity index (χ1v) is 6.25. The van der Waals surface area contributed by atoms with Gasteiger partial charge in [0.25, 0.3) is 5.91 Å². The minimum Gasteiger partial charge on any atom is -0.349 e. The third-order valence-electron chi connectivity index (χ3n) is 3.49. The normalized spacial score (nSPS) is 24.4. The smallest absolute Gasteiger partial charge is 0.251 e. The predicted molar refractivity (Wildman–Crippen MR) is 69.1 cm³/mol. The lowest BCUT2D eigenvalue weighted by atomic mass is 9.95. The molecule has 92 valence electrons. The van der Waals surface area contributed by atoms with Gasteiger partial charge in [-0.05, 0) is 44.0 Å². The maximum Gasteiger partial charge on any atom is 0.251 e. The maximum atomic E-state index is 12.1. The number of nitrogens with one attached hydrogen (secondary N) is 2. The maximum absolute atomic E-state index is 12.1. The molecule has 0 spiro atoms. The summed E-state index contributed by atoms with van der Waals surface area (Å²) in [5.74, 6) is 0.554. The fraction of sp³-hybridized carbons (Fsp3) is 0.500. The van der Waals surface area contributed by atoms with Gasteiger partial charge in [0.1, 0.15) is 0 Å². The molecule has 1 aliphatic heterocycles. The Hall–Kier alpha value is -1.35. The molecular formula is C14H20N2O. The molecule has 0 saturated carbocycles. The molecule has 3 nitrogen and oxygen atoms in total. The lowest BCUT2D eigenvalue weighted by molar-refractivity contribution is 0.0913. The molecule has 1 aromatic carbocycles. The van der Waals surface area contributed by atoms with Crippen LogP contribution in [-0.2, 0) is 0 Å². The van der Waals surface area contributed by atoms with E-state index >= 15 is 0 Å². The van der Waals surface area contributed by atoms with E-state index in [4.69, 9.17) is 0 Å². The van der Waals surface area contributed by atoms with Crippen molar-refractivity contribution in [3.8, 4) is 0 Å². The van der Waals surface area contributed by atoms with Crippen LogP contribution in [0.15, 0.2) is 24.3 Å². The highest BCUT2D eigenvalue weighted by molar-refractivity contribution is 5.95. The second-order valence-electron chi connectivity index (χ2n) is 4.86. The summed E-state index contributed by atoms with van der Waals surface area (Å²) >= 11 is 0. The van der Waals surface area contributed by atoms with E-state index in [2.05, 4.69) is 17.6 Å². The van der Waals surface area contributed by atoms with Gasteiger partial charge in [-0.25, -0.2) is 0 Å². The predicted octanol–water partition coefficient (Wildman–Crippen LogP) is 1.72. The highest BCUT2D eigenvalue weighted by Crippen LogP contribution is 2.13. The fourth-order valence-electron chi connectivity index (χ4n) is 2.30. The Morgan fingerprint density at radius 3 is 2.88 bits per heavy atom. The van der Waals surface area contributed by atoms with Gasteiger partial charge in [-0.2, -0.15) is 0 Å². The second-order valence-corrected chi connectivity index (χ2v) is 4.86. The van der Waals surface area contributed by atoms with Gasteiger partial charge in [0.2, 0.25) is 0 Å². The molecule has 2 atom stereocenters. The van der Waals surface area contributed by atoms with Crippen LogP contribution in [0.4, 0.5) is 0 Å². The molecule has 1 heterocycles. The SMILES string of the molecule is Cc1ccccc1C(=O)N[C@H]1CCNC[C@H]1C. The van der Waals surface area contributed by atoms with E-state index in [1.807, 2.05) is 31.2 Å². The van der Waals surface area contributed by atoms with Crippen molar-refractivity contribution in [3.63, 3.8) is 0 Å². The molecule has 1 aliphatic rings. The van der Waals surface area contributed by atoms with E-state index < -0.39 is 0 Å². The van der Waals surface area contributed by atoms with Crippen LogP contribution >= 0.6 is 0 Å². The summed E-state index contributed by atoms with van der Waals surface area (Å²) in [6.45, 7) is 6.12. The molecule has 2 N–H and O–H groups in total. The Labute approximate surface area is 103 Å². The van der Waals surface area contributed by atoms with Gasteiger partial charge in [-0.1, -0.05) is 25.1 Å². The zero-order valence-corrected chi connectivity index (χ0v) is 10.5. The van der Waals surface area contributed by atoms with Gasteiger partial charge in [-0.3, -0.25) is 4.79 Å². The van der Waals surface area contributed by atoms with Crippen molar-refractivity contribution in [2.24, 2.45) is 5.92 Å². The van der Waals surface area contributed by atoms with Crippen LogP contribution in [-0.4, -0.2) is 25.0 Å². The zero-order valence-electron chi connectivity index (χ0n) is 10.5. The highest BCUT2D eigenvalue weighted by Gasteiger charge is 2.23. The summed E-state index contributed by atoms with van der Waals surface area (Å²) in [6.07, 6.45) is 1.01. The summed E-state index contributed by atoms with van der Waals surface area (Å²) in [5.41, 5.74) is 1.82. The standard InChI is InChI=1S/C14H20N2O/c1-10-5-3-4-6-12(10)14(17)16-13-7-8-15-9-11(13)2/h3-6,11,13,15H,7-9H2,1-2H3,(H,16,17)/t11-,13+/m1/s1. The topological polar surface area (TPSA) is 41.1 Å². The lowest BCUT2D eigenvalue weighted by Crippen LogP contribution is -2.48. The minimum atomic E-state index is 0.0573. The van der Waals surface area contributed by atoms with Crippen LogP contribution in [0.2, 0.25) is 0 Å². The van der Waals surface area contributed by atoms with Crippen LogP contribution < -0.4 is 10.6 Å². The summed E-state index contributed by atoms with van der Waals surface area (Å²) in [7, 11) is 0. The third-order valence-corrected chi connectivity index (χ3v) is 3.49. The fourth-order valence-corrected chi connectivity index (χ4v) is 2.30. The van der Waals surface area contributed by atoms with Crippen molar-refractivity contribution in [1.82, 2.24) is 10.6 Å². The largest absolute Gasteiger partial charge is 0.349 e. The molecule has 2 rings (SSSR count). The first-order valence-electron chi connectivity index (χ1n) is 6.25. The minimum absolute atomic E-state index is 0.0573. The molecule has 0 aliphatic carbocycles. The second kappa shape index (κ2) is 5.32. The molecule has 0 radical (unpaired) electrons. The van der Waals surface area contributed by atoms with Gasteiger partial charge < -0.3 is 10.6 Å². The summed E-state index contributed by atoms with van der Waals surface area (Å²) in [4.78, 5) is 12.1. The van der Waals surface area contributed by atoms with Crippen LogP contribution in [0.1, 0.15) is 29.3 Å². The molecule has 0 aromatic heterocycles. The van der Waals surface area contributed by atoms with E-state index in [0.717, 1.165) is 30.6 Å². The Bertz CT molecular complexity index is 403. The number of benzene rings is 1. The molecule has 0 bridgehead atoms. The quantitative estimate of drug-likeness (QED) is 0.815.